The van der Waals surface area contributed by atoms with Crippen LogP contribution < -0.4 is 0 Å². The first-order valence-corrected chi connectivity index (χ1v) is 13.0. The summed E-state index contributed by atoms with van der Waals surface area (Å²) in [6, 6.07) is 24.9. The van der Waals surface area contributed by atoms with Crippen molar-refractivity contribution in [3.8, 4) is 6.07 Å². The van der Waals surface area contributed by atoms with Gasteiger partial charge < -0.3 is 4.48 Å². The van der Waals surface area contributed by atoms with E-state index in [0.717, 1.165) is 24.8 Å². The minimum absolute atomic E-state index is 0.298. The Bertz CT molecular complexity index is 910. The molecule has 2 saturated carbocycles. The fraction of sp³-hybridized carbons (Fsp3) is 0.567. The lowest BCUT2D eigenvalue weighted by Crippen LogP contribution is -2.55. The number of benzene rings is 2. The predicted molar refractivity (Wildman–Crippen MR) is 131 cm³/mol. The van der Waals surface area contributed by atoms with E-state index < -0.39 is 0 Å². The Kier molecular flexibility index (Phi) is 6.13. The van der Waals surface area contributed by atoms with Crippen LogP contribution in [0.15, 0.2) is 60.7 Å². The second-order valence-corrected chi connectivity index (χ2v) is 11.4. The van der Waals surface area contributed by atoms with Crippen LogP contribution in [0.25, 0.3) is 0 Å². The van der Waals surface area contributed by atoms with Gasteiger partial charge >= 0.3 is 0 Å². The van der Waals surface area contributed by atoms with Gasteiger partial charge in [0.05, 0.1) is 31.6 Å². The van der Waals surface area contributed by atoms with Crippen LogP contribution in [-0.4, -0.2) is 24.6 Å². The highest BCUT2D eigenvalue weighted by Gasteiger charge is 2.53. The van der Waals surface area contributed by atoms with Gasteiger partial charge in [-0.15, -0.1) is 0 Å². The second-order valence-electron chi connectivity index (χ2n) is 11.4. The Morgan fingerprint density at radius 2 is 1.44 bits per heavy atom. The smallest absolute Gasteiger partial charge is 0.104 e. The fourth-order valence-corrected chi connectivity index (χ4v) is 7.81. The van der Waals surface area contributed by atoms with Crippen molar-refractivity contribution in [1.29, 1.82) is 5.26 Å². The number of hydrogen-bond acceptors (Lipinski definition) is 1. The number of likely N-dealkylation sites (tertiary alicyclic amines) is 1. The number of nitriles is 1. The van der Waals surface area contributed by atoms with Crippen LogP contribution in [0.5, 0.6) is 0 Å². The summed E-state index contributed by atoms with van der Waals surface area (Å²) in [7, 11) is 2.48. The molecule has 0 N–H and O–H groups in total. The lowest BCUT2D eigenvalue weighted by molar-refractivity contribution is -0.933. The Hall–Kier alpha value is -2.11. The van der Waals surface area contributed by atoms with Gasteiger partial charge in [0, 0.05) is 17.4 Å². The van der Waals surface area contributed by atoms with Crippen LogP contribution in [-0.2, 0) is 12.0 Å². The molecule has 3 unspecified atom stereocenters. The molecule has 0 spiro atoms. The Morgan fingerprint density at radius 3 is 2.03 bits per heavy atom. The van der Waals surface area contributed by atoms with Gasteiger partial charge in [0.2, 0.25) is 0 Å². The predicted octanol–water partition coefficient (Wildman–Crippen LogP) is 6.72. The molecule has 0 radical (unpaired) electrons. The highest BCUT2D eigenvalue weighted by Crippen LogP contribution is 2.53. The molecule has 2 bridgehead atoms. The highest BCUT2D eigenvalue weighted by atomic mass is 15.3. The second kappa shape index (κ2) is 9.03. The van der Waals surface area contributed by atoms with Crippen LogP contribution in [0.3, 0.4) is 0 Å². The maximum atomic E-state index is 10.7. The molecule has 168 valence electrons. The van der Waals surface area contributed by atoms with Crippen molar-refractivity contribution in [2.24, 2.45) is 23.7 Å². The van der Waals surface area contributed by atoms with Crippen molar-refractivity contribution < 1.29 is 4.48 Å². The van der Waals surface area contributed by atoms with Crippen LogP contribution in [0.2, 0.25) is 0 Å². The fourth-order valence-electron chi connectivity index (χ4n) is 7.81. The maximum absolute atomic E-state index is 10.7. The number of quaternary nitrogens is 1. The summed E-state index contributed by atoms with van der Waals surface area (Å²) in [6.45, 7) is 3.69. The minimum Gasteiger partial charge on any atom is -0.322 e. The summed E-state index contributed by atoms with van der Waals surface area (Å²) < 4.78 is 1.17. The van der Waals surface area contributed by atoms with E-state index >= 15 is 0 Å². The molecule has 2 aliphatic carbocycles. The third-order valence-corrected chi connectivity index (χ3v) is 9.23. The summed E-state index contributed by atoms with van der Waals surface area (Å²) in [4.78, 5) is 0. The van der Waals surface area contributed by atoms with Crippen molar-refractivity contribution in [2.75, 3.05) is 20.1 Å². The molecule has 1 aliphatic heterocycles. The Morgan fingerprint density at radius 1 is 0.844 bits per heavy atom. The SMILES string of the molecule is C[N+]1(Cc2ccccc2)CC2CCC(C1)C2CC(C#N)(c1ccccc1)C1CCCCC1. The van der Waals surface area contributed by atoms with Gasteiger partial charge in [-0.1, -0.05) is 79.9 Å². The molecule has 1 saturated heterocycles. The molecule has 2 aromatic rings. The van der Waals surface area contributed by atoms with Gasteiger partial charge in [-0.3, -0.25) is 0 Å². The molecular formula is C30H39N2+. The number of rotatable bonds is 6. The van der Waals surface area contributed by atoms with Crippen LogP contribution in [0.1, 0.15) is 62.5 Å². The van der Waals surface area contributed by atoms with Gasteiger partial charge in [-0.25, -0.2) is 0 Å². The highest BCUT2D eigenvalue weighted by molar-refractivity contribution is 5.34. The van der Waals surface area contributed by atoms with Crippen LogP contribution >= 0.6 is 0 Å². The van der Waals surface area contributed by atoms with E-state index in [4.69, 9.17) is 0 Å². The topological polar surface area (TPSA) is 23.8 Å². The maximum Gasteiger partial charge on any atom is 0.104 e. The van der Waals surface area contributed by atoms with E-state index in [0.29, 0.717) is 11.8 Å². The van der Waals surface area contributed by atoms with Crippen molar-refractivity contribution in [3.63, 3.8) is 0 Å². The van der Waals surface area contributed by atoms with E-state index in [1.165, 1.54) is 73.6 Å². The van der Waals surface area contributed by atoms with E-state index in [1.54, 1.807) is 0 Å². The van der Waals surface area contributed by atoms with Crippen molar-refractivity contribution in [1.82, 2.24) is 0 Å². The zero-order valence-corrected chi connectivity index (χ0v) is 19.8. The first kappa shape index (κ1) is 21.7. The first-order valence-electron chi connectivity index (χ1n) is 13.0. The summed E-state index contributed by atoms with van der Waals surface area (Å²) in [5.41, 5.74) is 2.46. The third kappa shape index (κ3) is 4.13. The number of nitrogens with zero attached hydrogens (tertiary/aromatic N) is 2. The molecule has 2 nitrogen and oxygen atoms in total. The molecule has 3 atom stereocenters. The zero-order valence-electron chi connectivity index (χ0n) is 19.8. The Balaban J connectivity index is 1.40. The minimum atomic E-state index is -0.298. The first-order chi connectivity index (χ1) is 15.6. The molecule has 2 heteroatoms. The summed E-state index contributed by atoms with van der Waals surface area (Å²) in [5, 5.41) is 10.7. The number of fused-ring (bicyclic) bond motifs is 2. The molecule has 2 aromatic carbocycles. The largest absolute Gasteiger partial charge is 0.322 e. The van der Waals surface area contributed by atoms with Crippen molar-refractivity contribution in [3.05, 3.63) is 71.8 Å². The van der Waals surface area contributed by atoms with E-state index in [1.807, 2.05) is 0 Å². The lowest BCUT2D eigenvalue weighted by atomic mass is 9.60. The third-order valence-electron chi connectivity index (χ3n) is 9.23. The van der Waals surface area contributed by atoms with Gasteiger partial charge in [0.25, 0.3) is 0 Å². The van der Waals surface area contributed by atoms with E-state index in [9.17, 15) is 5.26 Å². The number of piperidine rings is 1. The summed E-state index contributed by atoms with van der Waals surface area (Å²) >= 11 is 0. The summed E-state index contributed by atoms with van der Waals surface area (Å²) in [6.07, 6.45) is 10.2. The summed E-state index contributed by atoms with van der Waals surface area (Å²) in [5.74, 6) is 2.76. The number of hydrogen-bond donors (Lipinski definition) is 0. The molecule has 3 aliphatic rings. The zero-order chi connectivity index (χ0) is 22.0. The van der Waals surface area contributed by atoms with Crippen LogP contribution in [0.4, 0.5) is 0 Å². The lowest BCUT2D eigenvalue weighted by Gasteiger charge is -2.48. The van der Waals surface area contributed by atoms with Gasteiger partial charge in [0.1, 0.15) is 6.54 Å². The molecule has 1 heterocycles. The average molecular weight is 428 g/mol. The van der Waals surface area contributed by atoms with Gasteiger partial charge in [-0.2, -0.15) is 5.26 Å². The molecule has 32 heavy (non-hydrogen) atoms. The normalized spacial score (nSPS) is 32.2. The average Bonchev–Trinajstić information content (AvgIpc) is 3.08. The van der Waals surface area contributed by atoms with Crippen LogP contribution in [0, 0.1) is 35.0 Å². The quantitative estimate of drug-likeness (QED) is 0.469. The Labute approximate surface area is 194 Å². The van der Waals surface area contributed by atoms with Crippen molar-refractivity contribution in [2.45, 2.75) is 63.3 Å². The van der Waals surface area contributed by atoms with Gasteiger partial charge in [-0.05, 0) is 49.5 Å². The molecular weight excluding hydrogens is 388 g/mol. The van der Waals surface area contributed by atoms with E-state index in [2.05, 4.69) is 73.8 Å². The molecule has 3 fully saturated rings. The van der Waals surface area contributed by atoms with Gasteiger partial charge in [0.15, 0.2) is 0 Å². The molecule has 0 aromatic heterocycles. The monoisotopic (exact) mass is 427 g/mol. The van der Waals surface area contributed by atoms with E-state index in [-0.39, 0.29) is 5.41 Å². The molecule has 5 rings (SSSR count). The molecule has 0 amide bonds. The standard InChI is InChI=1S/C30H39N2/c1-32(20-24-11-5-2-6-12-24)21-25-17-18-26(22-32)29(25)19-30(23-31,27-13-7-3-8-14-27)28-15-9-4-10-16-28/h2-3,5-8,11-14,25-26,28-29H,4,9-10,15-22H2,1H3/q+1. The van der Waals surface area contributed by atoms with Crippen molar-refractivity contribution >= 4 is 0 Å².